The van der Waals surface area contributed by atoms with E-state index in [0.717, 1.165) is 6.07 Å². The second-order valence-corrected chi connectivity index (χ2v) is 6.09. The summed E-state index contributed by atoms with van der Waals surface area (Å²) >= 11 is 5.74. The minimum absolute atomic E-state index is 0.0532. The summed E-state index contributed by atoms with van der Waals surface area (Å²) in [4.78, 5) is 36.1. The first-order chi connectivity index (χ1) is 13.4. The molecule has 0 saturated carbocycles. The van der Waals surface area contributed by atoms with Gasteiger partial charge in [-0.3, -0.25) is 9.59 Å². The summed E-state index contributed by atoms with van der Waals surface area (Å²) < 4.78 is 23.7. The maximum atomic E-state index is 13.6. The topological polar surface area (TPSA) is 93.7 Å². The molecule has 1 amide bonds. The second-order valence-electron chi connectivity index (χ2n) is 5.66. The molecule has 28 heavy (non-hydrogen) atoms. The quantitative estimate of drug-likeness (QED) is 0.568. The lowest BCUT2D eigenvalue weighted by Crippen LogP contribution is -2.24. The lowest BCUT2D eigenvalue weighted by molar-refractivity contribution is -0.144. The molecule has 144 valence electrons. The molecule has 2 aromatic carbocycles. The van der Waals surface area contributed by atoms with Crippen molar-refractivity contribution in [2.24, 2.45) is 0 Å². The minimum atomic E-state index is -1.03. The molecular formula is C19H14ClFN2O5. The monoisotopic (exact) mass is 404 g/mol. The van der Waals surface area contributed by atoms with Crippen LogP contribution in [0.4, 0.5) is 15.8 Å². The molecule has 0 spiro atoms. The summed E-state index contributed by atoms with van der Waals surface area (Å²) in [6.07, 6.45) is 0. The van der Waals surface area contributed by atoms with Crippen LogP contribution in [0.2, 0.25) is 5.02 Å². The maximum Gasteiger partial charge on any atom is 0.347 e. The molecule has 1 aliphatic heterocycles. The number of halogens is 2. The van der Waals surface area contributed by atoms with Gasteiger partial charge >= 0.3 is 5.97 Å². The van der Waals surface area contributed by atoms with E-state index in [4.69, 9.17) is 21.1 Å². The summed E-state index contributed by atoms with van der Waals surface area (Å²) in [7, 11) is 0. The Bertz CT molecular complexity index is 962. The van der Waals surface area contributed by atoms with Crippen LogP contribution in [0.25, 0.3) is 0 Å². The number of amides is 1. The Morgan fingerprint density at radius 3 is 2.68 bits per heavy atom. The Labute approximate surface area is 164 Å². The Morgan fingerprint density at radius 1 is 1.18 bits per heavy atom. The fourth-order valence-electron chi connectivity index (χ4n) is 2.35. The first-order valence-corrected chi connectivity index (χ1v) is 8.46. The summed E-state index contributed by atoms with van der Waals surface area (Å²) in [5.41, 5.74) is 0.122. The predicted molar refractivity (Wildman–Crippen MR) is 99.0 cm³/mol. The number of anilines is 2. The zero-order valence-electron chi connectivity index (χ0n) is 14.3. The number of ether oxygens (including phenoxy) is 2. The highest BCUT2D eigenvalue weighted by atomic mass is 35.5. The number of carbonyl (C=O) groups excluding carboxylic acids is 3. The first kappa shape index (κ1) is 19.4. The van der Waals surface area contributed by atoms with Crippen molar-refractivity contribution in [1.29, 1.82) is 0 Å². The molecule has 2 N–H and O–H groups in total. The molecule has 2 aromatic rings. The van der Waals surface area contributed by atoms with Crippen LogP contribution in [0.5, 0.6) is 0 Å². The molecule has 9 heteroatoms. The number of para-hydroxylation sites is 1. The molecule has 0 aromatic heterocycles. The van der Waals surface area contributed by atoms with Crippen molar-refractivity contribution < 1.29 is 28.2 Å². The van der Waals surface area contributed by atoms with E-state index in [2.05, 4.69) is 10.6 Å². The van der Waals surface area contributed by atoms with Crippen molar-refractivity contribution >= 4 is 40.6 Å². The van der Waals surface area contributed by atoms with Crippen LogP contribution < -0.4 is 10.6 Å². The number of esters is 1. The third kappa shape index (κ3) is 4.66. The minimum Gasteiger partial charge on any atom is -0.470 e. The van der Waals surface area contributed by atoms with Gasteiger partial charge in [-0.15, -0.1) is 0 Å². The van der Waals surface area contributed by atoms with Crippen LogP contribution in [-0.4, -0.2) is 30.9 Å². The SMILES string of the molecule is O=C(COC(=O)C1=C(Nc2ccccc2)OCC1=O)Nc1cc(Cl)ccc1F. The van der Waals surface area contributed by atoms with E-state index >= 15 is 0 Å². The van der Waals surface area contributed by atoms with Gasteiger partial charge in [0, 0.05) is 10.7 Å². The van der Waals surface area contributed by atoms with Crippen LogP contribution in [0.1, 0.15) is 0 Å². The first-order valence-electron chi connectivity index (χ1n) is 8.08. The van der Waals surface area contributed by atoms with Crippen molar-refractivity contribution in [2.45, 2.75) is 0 Å². The van der Waals surface area contributed by atoms with E-state index < -0.39 is 30.1 Å². The van der Waals surface area contributed by atoms with Crippen LogP contribution >= 0.6 is 11.6 Å². The number of carbonyl (C=O) groups is 3. The van der Waals surface area contributed by atoms with E-state index in [-0.39, 0.29) is 28.8 Å². The number of hydrogen-bond donors (Lipinski definition) is 2. The summed E-state index contributed by atoms with van der Waals surface area (Å²) in [6.45, 7) is -1.04. The number of benzene rings is 2. The number of hydrogen-bond acceptors (Lipinski definition) is 6. The Morgan fingerprint density at radius 2 is 1.93 bits per heavy atom. The molecule has 1 heterocycles. The van der Waals surface area contributed by atoms with E-state index in [1.54, 1.807) is 30.3 Å². The van der Waals surface area contributed by atoms with Crippen molar-refractivity contribution in [2.75, 3.05) is 23.8 Å². The van der Waals surface area contributed by atoms with Gasteiger partial charge in [-0.2, -0.15) is 0 Å². The predicted octanol–water partition coefficient (Wildman–Crippen LogP) is 2.88. The van der Waals surface area contributed by atoms with E-state index in [0.29, 0.717) is 5.69 Å². The standard InChI is InChI=1S/C19H14ClFN2O5/c20-11-6-7-13(21)14(8-11)23-16(25)10-28-19(26)17-15(24)9-27-18(17)22-12-4-2-1-3-5-12/h1-8,22H,9-10H2,(H,23,25). The highest BCUT2D eigenvalue weighted by Crippen LogP contribution is 2.21. The van der Waals surface area contributed by atoms with Crippen LogP contribution in [0, 0.1) is 5.82 Å². The molecule has 0 unspecified atom stereocenters. The molecule has 0 atom stereocenters. The second kappa shape index (κ2) is 8.53. The summed E-state index contributed by atoms with van der Waals surface area (Å²) in [6, 6.07) is 12.4. The maximum absolute atomic E-state index is 13.6. The Kier molecular flexibility index (Phi) is 5.90. The van der Waals surface area contributed by atoms with Gasteiger partial charge in [-0.25, -0.2) is 9.18 Å². The van der Waals surface area contributed by atoms with Crippen molar-refractivity contribution in [1.82, 2.24) is 0 Å². The van der Waals surface area contributed by atoms with E-state index in [1.807, 2.05) is 0 Å². The number of Topliss-reactive ketones (excluding diaryl/α,β-unsaturated/α-hetero) is 1. The number of rotatable bonds is 6. The molecule has 1 aliphatic rings. The van der Waals surface area contributed by atoms with Crippen LogP contribution in [-0.2, 0) is 23.9 Å². The third-order valence-electron chi connectivity index (χ3n) is 3.63. The average molecular weight is 405 g/mol. The summed E-state index contributed by atoms with van der Waals surface area (Å²) in [5, 5.41) is 5.28. The normalized spacial score (nSPS) is 13.1. The van der Waals surface area contributed by atoms with Crippen molar-refractivity contribution in [3.05, 3.63) is 70.8 Å². The molecule has 0 bridgehead atoms. The zero-order valence-corrected chi connectivity index (χ0v) is 15.1. The highest BCUT2D eigenvalue weighted by Gasteiger charge is 2.32. The van der Waals surface area contributed by atoms with E-state index in [9.17, 15) is 18.8 Å². The van der Waals surface area contributed by atoms with Crippen molar-refractivity contribution in [3.8, 4) is 0 Å². The van der Waals surface area contributed by atoms with E-state index in [1.165, 1.54) is 12.1 Å². The molecule has 7 nitrogen and oxygen atoms in total. The zero-order chi connectivity index (χ0) is 20.1. The van der Waals surface area contributed by atoms with Gasteiger partial charge in [0.2, 0.25) is 11.7 Å². The molecular weight excluding hydrogens is 391 g/mol. The molecule has 3 rings (SSSR count). The Hall–Kier alpha value is -3.39. The highest BCUT2D eigenvalue weighted by molar-refractivity contribution is 6.30. The third-order valence-corrected chi connectivity index (χ3v) is 3.86. The van der Waals surface area contributed by atoms with Gasteiger partial charge in [0.15, 0.2) is 18.8 Å². The molecule has 0 saturated heterocycles. The smallest absolute Gasteiger partial charge is 0.347 e. The Balaban J connectivity index is 1.64. The van der Waals surface area contributed by atoms with Crippen LogP contribution in [0.3, 0.4) is 0 Å². The van der Waals surface area contributed by atoms with Crippen molar-refractivity contribution in [3.63, 3.8) is 0 Å². The average Bonchev–Trinajstić information content (AvgIpc) is 3.04. The molecule has 0 radical (unpaired) electrons. The number of ketones is 1. The lowest BCUT2D eigenvalue weighted by atomic mass is 10.2. The lowest BCUT2D eigenvalue weighted by Gasteiger charge is -2.09. The van der Waals surface area contributed by atoms with Gasteiger partial charge in [0.25, 0.3) is 5.91 Å². The summed E-state index contributed by atoms with van der Waals surface area (Å²) in [5.74, 6) is -3.14. The fraction of sp³-hybridized carbons (Fsp3) is 0.105. The number of nitrogens with one attached hydrogen (secondary N) is 2. The van der Waals surface area contributed by atoms with Crippen LogP contribution in [0.15, 0.2) is 60.0 Å². The molecule has 0 aliphatic carbocycles. The van der Waals surface area contributed by atoms with Gasteiger partial charge in [0.1, 0.15) is 5.82 Å². The van der Waals surface area contributed by atoms with Gasteiger partial charge < -0.3 is 20.1 Å². The van der Waals surface area contributed by atoms with Gasteiger partial charge in [-0.1, -0.05) is 29.8 Å². The van der Waals surface area contributed by atoms with Gasteiger partial charge in [-0.05, 0) is 30.3 Å². The molecule has 0 fully saturated rings. The van der Waals surface area contributed by atoms with Gasteiger partial charge in [0.05, 0.1) is 5.69 Å². The largest absolute Gasteiger partial charge is 0.470 e. The fourth-order valence-corrected chi connectivity index (χ4v) is 2.52.